The molecule has 1 rings (SSSR count). The first-order valence-electron chi connectivity index (χ1n) is 6.01. The van der Waals surface area contributed by atoms with E-state index < -0.39 is 18.4 Å². The van der Waals surface area contributed by atoms with E-state index in [2.05, 4.69) is 22.7 Å². The topological polar surface area (TPSA) is 84.9 Å². The van der Waals surface area contributed by atoms with Crippen molar-refractivity contribution in [2.75, 3.05) is 5.32 Å². The molecule has 0 bridgehead atoms. The number of benzene rings is 1. The van der Waals surface area contributed by atoms with Crippen LogP contribution in [0.5, 0.6) is 5.75 Å². The zero-order chi connectivity index (χ0) is 15.3. The molecule has 0 saturated carbocycles. The lowest BCUT2D eigenvalue weighted by atomic mass is 10.2. The fraction of sp³-hybridized carbons (Fsp3) is 0.385. The Bertz CT molecular complexity index is 518. The van der Waals surface area contributed by atoms with E-state index in [9.17, 15) is 14.7 Å². The third-order valence-corrected chi connectivity index (χ3v) is 2.85. The van der Waals surface area contributed by atoms with Gasteiger partial charge in [-0.05, 0) is 18.6 Å². The Morgan fingerprint density at radius 3 is 2.65 bits per heavy atom. The second kappa shape index (κ2) is 7.16. The number of anilines is 1. The van der Waals surface area contributed by atoms with E-state index in [-0.39, 0.29) is 12.2 Å². The zero-order valence-electron chi connectivity index (χ0n) is 11.5. The van der Waals surface area contributed by atoms with Gasteiger partial charge in [-0.3, -0.25) is 10.1 Å². The van der Waals surface area contributed by atoms with E-state index in [1.54, 1.807) is 26.0 Å². The summed E-state index contributed by atoms with van der Waals surface area (Å²) in [4.78, 5) is 22.9. The number of hydrogen-bond donors (Lipinski definition) is 3. The van der Waals surface area contributed by atoms with Crippen molar-refractivity contribution < 1.29 is 24.2 Å². The summed E-state index contributed by atoms with van der Waals surface area (Å²) in [6.45, 7) is 4.70. The minimum Gasteiger partial charge on any atom is -0.425 e. The first-order chi connectivity index (χ1) is 9.35. The average Bonchev–Trinajstić information content (AvgIpc) is 2.37. The van der Waals surface area contributed by atoms with Crippen LogP contribution in [0.25, 0.3) is 0 Å². The van der Waals surface area contributed by atoms with Gasteiger partial charge in [-0.25, -0.2) is 4.79 Å². The van der Waals surface area contributed by atoms with Gasteiger partial charge >= 0.3 is 12.1 Å². The quantitative estimate of drug-likeness (QED) is 0.344. The van der Waals surface area contributed by atoms with Gasteiger partial charge < -0.3 is 14.6 Å². The van der Waals surface area contributed by atoms with Crippen molar-refractivity contribution in [2.45, 2.75) is 38.4 Å². The molecule has 110 valence electrons. The molecule has 0 saturated heterocycles. The van der Waals surface area contributed by atoms with Crippen LogP contribution in [-0.2, 0) is 9.53 Å². The number of hydrogen-bond acceptors (Lipinski definition) is 6. The maximum atomic E-state index is 11.5. The fourth-order valence-corrected chi connectivity index (χ4v) is 1.74. The average molecular weight is 299 g/mol. The standard InChI is InChI=1S/C13H17NO5S/c1-4-10(16)19-13(17)14-9-6-5-7(2)11(12(9)20)18-8(3)15/h5-6,10,16,20H,4H2,1-3H3,(H,14,17)/t10-/m0/s1. The molecule has 1 amide bonds. The van der Waals surface area contributed by atoms with Crippen LogP contribution in [0.15, 0.2) is 17.0 Å². The van der Waals surface area contributed by atoms with Crippen LogP contribution in [-0.4, -0.2) is 23.5 Å². The Kier molecular flexibility index (Phi) is 5.84. The summed E-state index contributed by atoms with van der Waals surface area (Å²) in [5.74, 6) is -0.209. The number of aliphatic hydroxyl groups excluding tert-OH is 1. The van der Waals surface area contributed by atoms with Crippen LogP contribution in [0.4, 0.5) is 10.5 Å². The largest absolute Gasteiger partial charge is 0.425 e. The van der Waals surface area contributed by atoms with E-state index in [0.29, 0.717) is 16.1 Å². The minimum absolute atomic E-state index is 0.273. The molecular formula is C13H17NO5S. The van der Waals surface area contributed by atoms with Crippen molar-refractivity contribution in [3.05, 3.63) is 17.7 Å². The molecule has 0 heterocycles. The van der Waals surface area contributed by atoms with Gasteiger partial charge in [0.15, 0.2) is 0 Å². The Morgan fingerprint density at radius 2 is 2.10 bits per heavy atom. The van der Waals surface area contributed by atoms with Crippen molar-refractivity contribution in [2.24, 2.45) is 0 Å². The van der Waals surface area contributed by atoms with Crippen LogP contribution in [0.2, 0.25) is 0 Å². The number of nitrogens with one attached hydrogen (secondary N) is 1. The summed E-state index contributed by atoms with van der Waals surface area (Å²) in [7, 11) is 0. The minimum atomic E-state index is -1.17. The smallest absolute Gasteiger partial charge is 0.413 e. The molecule has 0 aromatic heterocycles. The monoisotopic (exact) mass is 299 g/mol. The lowest BCUT2D eigenvalue weighted by Crippen LogP contribution is -2.21. The summed E-state index contributed by atoms with van der Waals surface area (Å²) >= 11 is 4.23. The second-order valence-corrected chi connectivity index (χ2v) is 4.54. The molecule has 1 atom stereocenters. The van der Waals surface area contributed by atoms with Gasteiger partial charge in [0.05, 0.1) is 10.6 Å². The first kappa shape index (κ1) is 16.3. The highest BCUT2D eigenvalue weighted by molar-refractivity contribution is 7.80. The van der Waals surface area contributed by atoms with Crippen molar-refractivity contribution in [3.63, 3.8) is 0 Å². The summed E-state index contributed by atoms with van der Waals surface area (Å²) in [6.07, 6.45) is -1.70. The lowest BCUT2D eigenvalue weighted by Gasteiger charge is -2.15. The normalized spacial score (nSPS) is 11.7. The van der Waals surface area contributed by atoms with Gasteiger partial charge in [0, 0.05) is 13.3 Å². The molecule has 7 heteroatoms. The maximum Gasteiger partial charge on any atom is 0.413 e. The zero-order valence-corrected chi connectivity index (χ0v) is 12.4. The molecular weight excluding hydrogens is 282 g/mol. The number of thiol groups is 1. The number of carbonyl (C=O) groups excluding carboxylic acids is 2. The maximum absolute atomic E-state index is 11.5. The van der Waals surface area contributed by atoms with Crippen LogP contribution in [0, 0.1) is 6.92 Å². The third kappa shape index (κ3) is 4.43. The summed E-state index contributed by atoms with van der Waals surface area (Å²) in [5.41, 5.74) is 1.03. The molecule has 0 unspecified atom stereocenters. The Hall–Kier alpha value is -1.73. The van der Waals surface area contributed by atoms with Gasteiger partial charge in [0.25, 0.3) is 0 Å². The number of aliphatic hydroxyl groups is 1. The highest BCUT2D eigenvalue weighted by atomic mass is 32.1. The molecule has 6 nitrogen and oxygen atoms in total. The summed E-state index contributed by atoms with van der Waals surface area (Å²) in [6, 6.07) is 3.27. The Balaban J connectivity index is 2.91. The predicted molar refractivity (Wildman–Crippen MR) is 76.1 cm³/mol. The number of ether oxygens (including phenoxy) is 2. The second-order valence-electron chi connectivity index (χ2n) is 4.09. The van der Waals surface area contributed by atoms with Crippen molar-refractivity contribution in [1.82, 2.24) is 0 Å². The third-order valence-electron chi connectivity index (χ3n) is 2.40. The van der Waals surface area contributed by atoms with Crippen molar-refractivity contribution >= 4 is 30.4 Å². The van der Waals surface area contributed by atoms with Crippen LogP contribution < -0.4 is 10.1 Å². The van der Waals surface area contributed by atoms with Crippen molar-refractivity contribution in [1.29, 1.82) is 0 Å². The Labute approximate surface area is 122 Å². The van der Waals surface area contributed by atoms with Crippen molar-refractivity contribution in [3.8, 4) is 5.75 Å². The molecule has 0 spiro atoms. The van der Waals surface area contributed by atoms with E-state index in [1.807, 2.05) is 0 Å². The number of rotatable bonds is 4. The molecule has 2 N–H and O–H groups in total. The van der Waals surface area contributed by atoms with Gasteiger partial charge in [-0.2, -0.15) is 0 Å². The molecule has 0 radical (unpaired) electrons. The molecule has 0 aliphatic rings. The summed E-state index contributed by atoms with van der Waals surface area (Å²) < 4.78 is 9.72. The van der Waals surface area contributed by atoms with Gasteiger partial charge in [0.2, 0.25) is 6.29 Å². The van der Waals surface area contributed by atoms with Gasteiger partial charge in [-0.1, -0.05) is 13.0 Å². The molecule has 1 aromatic carbocycles. The number of carbonyl (C=O) groups is 2. The fourth-order valence-electron chi connectivity index (χ4n) is 1.39. The van der Waals surface area contributed by atoms with E-state index in [1.165, 1.54) is 6.92 Å². The van der Waals surface area contributed by atoms with Crippen LogP contribution in [0.1, 0.15) is 25.8 Å². The predicted octanol–water partition coefficient (Wildman–Crippen LogP) is 2.49. The highest BCUT2D eigenvalue weighted by Gasteiger charge is 2.15. The Morgan fingerprint density at radius 1 is 1.45 bits per heavy atom. The molecule has 0 aliphatic heterocycles. The summed E-state index contributed by atoms with van der Waals surface area (Å²) in [5, 5.41) is 11.6. The van der Waals surface area contributed by atoms with E-state index in [0.717, 1.165) is 0 Å². The van der Waals surface area contributed by atoms with E-state index >= 15 is 0 Å². The molecule has 20 heavy (non-hydrogen) atoms. The number of aryl methyl sites for hydroxylation is 1. The van der Waals surface area contributed by atoms with E-state index in [4.69, 9.17) is 4.74 Å². The van der Waals surface area contributed by atoms with Gasteiger partial charge in [-0.15, -0.1) is 12.6 Å². The van der Waals surface area contributed by atoms with Crippen LogP contribution in [0.3, 0.4) is 0 Å². The number of amides is 1. The molecule has 0 fully saturated rings. The highest BCUT2D eigenvalue weighted by Crippen LogP contribution is 2.33. The lowest BCUT2D eigenvalue weighted by molar-refractivity contribution is -0.132. The van der Waals surface area contributed by atoms with Gasteiger partial charge in [0.1, 0.15) is 5.75 Å². The number of esters is 1. The SMILES string of the molecule is CC[C@@H](O)OC(=O)Nc1ccc(C)c(OC(C)=O)c1S. The molecule has 0 aliphatic carbocycles. The molecule has 1 aromatic rings. The first-order valence-corrected chi connectivity index (χ1v) is 6.46. The van der Waals surface area contributed by atoms with Crippen LogP contribution >= 0.6 is 12.6 Å².